The van der Waals surface area contributed by atoms with Crippen molar-refractivity contribution in [2.45, 2.75) is 6.18 Å². The molecule has 3 rings (SSSR count). The lowest BCUT2D eigenvalue weighted by Crippen LogP contribution is -2.48. The third kappa shape index (κ3) is 4.00. The molecule has 1 aliphatic rings. The Morgan fingerprint density at radius 2 is 1.73 bits per heavy atom. The molecular weight excluding hydrogens is 413 g/mol. The Kier molecular flexibility index (Phi) is 5.22. The molecular formula is C16H18BrF3N6. The van der Waals surface area contributed by atoms with Gasteiger partial charge in [-0.05, 0) is 28.1 Å². The molecule has 0 unspecified atom stereocenters. The normalized spacial score (nSPS) is 15.3. The van der Waals surface area contributed by atoms with Gasteiger partial charge in [0.05, 0.1) is 5.56 Å². The van der Waals surface area contributed by atoms with Crippen LogP contribution in [0.3, 0.4) is 0 Å². The van der Waals surface area contributed by atoms with Gasteiger partial charge in [-0.3, -0.25) is 0 Å². The van der Waals surface area contributed by atoms with Crippen molar-refractivity contribution in [3.05, 3.63) is 34.6 Å². The van der Waals surface area contributed by atoms with Gasteiger partial charge in [-0.1, -0.05) is 0 Å². The van der Waals surface area contributed by atoms with Crippen molar-refractivity contribution in [1.82, 2.24) is 15.0 Å². The van der Waals surface area contributed by atoms with Gasteiger partial charge in [0, 0.05) is 57.1 Å². The summed E-state index contributed by atoms with van der Waals surface area (Å²) >= 11 is 3.06. The first kappa shape index (κ1) is 18.7. The summed E-state index contributed by atoms with van der Waals surface area (Å²) in [5, 5.41) is 0. The van der Waals surface area contributed by atoms with E-state index in [0.717, 1.165) is 11.9 Å². The van der Waals surface area contributed by atoms with Crippen molar-refractivity contribution in [1.29, 1.82) is 0 Å². The highest BCUT2D eigenvalue weighted by Crippen LogP contribution is 2.37. The molecule has 0 atom stereocenters. The van der Waals surface area contributed by atoms with E-state index in [9.17, 15) is 13.2 Å². The molecule has 0 saturated carbocycles. The summed E-state index contributed by atoms with van der Waals surface area (Å²) in [5.41, 5.74) is -0.730. The van der Waals surface area contributed by atoms with Crippen molar-refractivity contribution in [2.75, 3.05) is 55.0 Å². The van der Waals surface area contributed by atoms with Crippen LogP contribution in [0.2, 0.25) is 0 Å². The predicted molar refractivity (Wildman–Crippen MR) is 97.7 cm³/mol. The minimum atomic E-state index is -4.45. The SMILES string of the molecule is CN(C)c1ccnc(N2CCN(c3ncc(Br)cc3C(F)(F)F)CC2)n1. The quantitative estimate of drug-likeness (QED) is 0.745. The lowest BCUT2D eigenvalue weighted by atomic mass is 10.2. The van der Waals surface area contributed by atoms with Crippen LogP contribution >= 0.6 is 15.9 Å². The number of nitrogens with zero attached hydrogens (tertiary/aromatic N) is 6. The minimum absolute atomic E-state index is 0.0386. The fourth-order valence-electron chi connectivity index (χ4n) is 2.75. The van der Waals surface area contributed by atoms with E-state index in [0.29, 0.717) is 36.6 Å². The summed E-state index contributed by atoms with van der Waals surface area (Å²) in [6.45, 7) is 1.86. The van der Waals surface area contributed by atoms with E-state index in [1.165, 1.54) is 6.20 Å². The summed E-state index contributed by atoms with van der Waals surface area (Å²) in [4.78, 5) is 18.3. The Hall–Kier alpha value is -2.10. The van der Waals surface area contributed by atoms with Crippen LogP contribution in [-0.2, 0) is 6.18 Å². The van der Waals surface area contributed by atoms with E-state index in [-0.39, 0.29) is 5.82 Å². The standard InChI is InChI=1S/C16H18BrF3N6/c1-24(2)13-3-4-21-15(23-13)26-7-5-25(6-8-26)14-12(16(18,19)20)9-11(17)10-22-14/h3-4,9-10H,5-8H2,1-2H3. The Morgan fingerprint density at radius 1 is 1.08 bits per heavy atom. The Labute approximate surface area is 157 Å². The van der Waals surface area contributed by atoms with Crippen LogP contribution in [0.15, 0.2) is 29.0 Å². The van der Waals surface area contributed by atoms with E-state index in [1.54, 1.807) is 17.2 Å². The smallest absolute Gasteiger partial charge is 0.363 e. The molecule has 0 bridgehead atoms. The van der Waals surface area contributed by atoms with Gasteiger partial charge in [0.2, 0.25) is 5.95 Å². The number of anilines is 3. The maximum Gasteiger partial charge on any atom is 0.419 e. The molecule has 0 aromatic carbocycles. The number of hydrogen-bond acceptors (Lipinski definition) is 6. The Balaban J connectivity index is 1.76. The zero-order valence-corrected chi connectivity index (χ0v) is 15.9. The van der Waals surface area contributed by atoms with E-state index < -0.39 is 11.7 Å². The van der Waals surface area contributed by atoms with Crippen LogP contribution in [0.1, 0.15) is 5.56 Å². The van der Waals surface area contributed by atoms with Crippen molar-refractivity contribution in [3.8, 4) is 0 Å². The van der Waals surface area contributed by atoms with Gasteiger partial charge >= 0.3 is 6.18 Å². The molecule has 0 spiro atoms. The summed E-state index contributed by atoms with van der Waals surface area (Å²) in [6, 6.07) is 2.87. The second-order valence-electron chi connectivity index (χ2n) is 6.11. The first-order valence-corrected chi connectivity index (χ1v) is 8.78. The number of pyridine rings is 1. The molecule has 1 fully saturated rings. The maximum atomic E-state index is 13.3. The molecule has 0 amide bonds. The van der Waals surface area contributed by atoms with Gasteiger partial charge in [-0.25, -0.2) is 9.97 Å². The van der Waals surface area contributed by atoms with Crippen LogP contribution in [-0.4, -0.2) is 55.2 Å². The number of piperazine rings is 1. The largest absolute Gasteiger partial charge is 0.419 e. The highest BCUT2D eigenvalue weighted by molar-refractivity contribution is 9.10. The average Bonchev–Trinajstić information content (AvgIpc) is 2.61. The molecule has 140 valence electrons. The van der Waals surface area contributed by atoms with Crippen LogP contribution in [0.4, 0.5) is 30.8 Å². The first-order valence-electron chi connectivity index (χ1n) is 7.98. The van der Waals surface area contributed by atoms with Crippen molar-refractivity contribution in [2.24, 2.45) is 0 Å². The molecule has 6 nitrogen and oxygen atoms in total. The van der Waals surface area contributed by atoms with Crippen LogP contribution < -0.4 is 14.7 Å². The van der Waals surface area contributed by atoms with Crippen molar-refractivity contribution < 1.29 is 13.2 Å². The van der Waals surface area contributed by atoms with Crippen molar-refractivity contribution in [3.63, 3.8) is 0 Å². The zero-order chi connectivity index (χ0) is 18.9. The summed E-state index contributed by atoms with van der Waals surface area (Å²) in [6.07, 6.45) is -1.38. The number of hydrogen-bond donors (Lipinski definition) is 0. The van der Waals surface area contributed by atoms with Gasteiger partial charge < -0.3 is 14.7 Å². The number of alkyl halides is 3. The molecule has 1 aliphatic heterocycles. The lowest BCUT2D eigenvalue weighted by Gasteiger charge is -2.36. The van der Waals surface area contributed by atoms with E-state index in [2.05, 4.69) is 30.9 Å². The fraction of sp³-hybridized carbons (Fsp3) is 0.438. The molecule has 1 saturated heterocycles. The minimum Gasteiger partial charge on any atom is -0.363 e. The lowest BCUT2D eigenvalue weighted by molar-refractivity contribution is -0.137. The maximum absolute atomic E-state index is 13.3. The number of rotatable bonds is 3. The summed E-state index contributed by atoms with van der Waals surface area (Å²) < 4.78 is 40.3. The molecule has 2 aromatic heterocycles. The van der Waals surface area contributed by atoms with Gasteiger partial charge in [0.1, 0.15) is 11.6 Å². The van der Waals surface area contributed by atoms with Crippen LogP contribution in [0.5, 0.6) is 0 Å². The van der Waals surface area contributed by atoms with E-state index >= 15 is 0 Å². The predicted octanol–water partition coefficient (Wildman–Crippen LogP) is 3.05. The average molecular weight is 431 g/mol. The monoisotopic (exact) mass is 430 g/mol. The topological polar surface area (TPSA) is 48.4 Å². The molecule has 10 heteroatoms. The second kappa shape index (κ2) is 7.26. The van der Waals surface area contributed by atoms with E-state index in [4.69, 9.17) is 0 Å². The zero-order valence-electron chi connectivity index (χ0n) is 14.3. The van der Waals surface area contributed by atoms with Crippen LogP contribution in [0.25, 0.3) is 0 Å². The molecule has 3 heterocycles. The first-order chi connectivity index (χ1) is 12.3. The Bertz CT molecular complexity index is 775. The van der Waals surface area contributed by atoms with Crippen molar-refractivity contribution >= 4 is 33.5 Å². The molecule has 2 aromatic rings. The molecule has 26 heavy (non-hydrogen) atoms. The second-order valence-corrected chi connectivity index (χ2v) is 7.02. The fourth-order valence-corrected chi connectivity index (χ4v) is 3.08. The van der Waals surface area contributed by atoms with Crippen LogP contribution in [0, 0.1) is 0 Å². The molecule has 0 aliphatic carbocycles. The number of halogens is 4. The molecule has 0 N–H and O–H groups in total. The van der Waals surface area contributed by atoms with Gasteiger partial charge in [0.15, 0.2) is 0 Å². The third-order valence-electron chi connectivity index (χ3n) is 4.09. The van der Waals surface area contributed by atoms with Gasteiger partial charge in [-0.2, -0.15) is 18.2 Å². The van der Waals surface area contributed by atoms with E-state index in [1.807, 2.05) is 23.9 Å². The highest BCUT2D eigenvalue weighted by Gasteiger charge is 2.37. The Morgan fingerprint density at radius 3 is 2.35 bits per heavy atom. The number of aromatic nitrogens is 3. The van der Waals surface area contributed by atoms with Gasteiger partial charge in [0.25, 0.3) is 0 Å². The van der Waals surface area contributed by atoms with Gasteiger partial charge in [-0.15, -0.1) is 0 Å². The highest BCUT2D eigenvalue weighted by atomic mass is 79.9. The summed E-state index contributed by atoms with van der Waals surface area (Å²) in [7, 11) is 3.78. The summed E-state index contributed by atoms with van der Waals surface area (Å²) in [5.74, 6) is 1.32. The third-order valence-corrected chi connectivity index (χ3v) is 4.52. The molecule has 0 radical (unpaired) electrons.